The molecule has 0 aliphatic rings. The van der Waals surface area contributed by atoms with Crippen molar-refractivity contribution in [3.63, 3.8) is 0 Å². The molecule has 1 N–H and O–H groups in total. The predicted octanol–water partition coefficient (Wildman–Crippen LogP) is 4.37. The van der Waals surface area contributed by atoms with E-state index in [1.807, 2.05) is 0 Å². The molecule has 0 spiro atoms. The molecule has 1 aromatic carbocycles. The molecule has 0 amide bonds. The molecule has 114 valence electrons. The highest BCUT2D eigenvalue weighted by atomic mass is 19.4. The molecule has 0 bridgehead atoms. The van der Waals surface area contributed by atoms with Gasteiger partial charge in [-0.2, -0.15) is 22.0 Å². The van der Waals surface area contributed by atoms with Gasteiger partial charge in [0.1, 0.15) is 11.9 Å². The van der Waals surface area contributed by atoms with Gasteiger partial charge in [-0.05, 0) is 37.1 Å². The van der Waals surface area contributed by atoms with Crippen LogP contribution in [0.1, 0.15) is 30.5 Å². The van der Waals surface area contributed by atoms with Crippen molar-refractivity contribution in [2.24, 2.45) is 0 Å². The van der Waals surface area contributed by atoms with Gasteiger partial charge in [-0.25, -0.2) is 4.39 Å². The molecular weight excluding hydrogens is 284 g/mol. The van der Waals surface area contributed by atoms with E-state index in [4.69, 9.17) is 0 Å². The van der Waals surface area contributed by atoms with Crippen LogP contribution in [0.25, 0.3) is 0 Å². The van der Waals surface area contributed by atoms with Gasteiger partial charge in [-0.3, -0.25) is 0 Å². The minimum Gasteiger partial charge on any atom is -0.305 e. The fourth-order valence-electron chi connectivity index (χ4n) is 1.76. The lowest BCUT2D eigenvalue weighted by Gasteiger charge is -2.30. The molecule has 1 nitrogen and oxygen atoms in total. The van der Waals surface area contributed by atoms with E-state index >= 15 is 0 Å². The summed E-state index contributed by atoms with van der Waals surface area (Å²) in [6, 6.07) is 0.594. The van der Waals surface area contributed by atoms with Gasteiger partial charge in [-0.15, -0.1) is 0 Å². The van der Waals surface area contributed by atoms with Crippen LogP contribution in [0.4, 0.5) is 26.3 Å². The standard InChI is InChI=1S/C13H15F6N/c1-3-6-20-11(12(15,16)13(17,18)19)9-4-5-10(14)8(2)7-9/h4-5,7,11,20H,3,6H2,1-2H3. The number of rotatable bonds is 5. The van der Waals surface area contributed by atoms with E-state index in [2.05, 4.69) is 5.32 Å². The van der Waals surface area contributed by atoms with Crippen LogP contribution in [0.3, 0.4) is 0 Å². The van der Waals surface area contributed by atoms with Crippen molar-refractivity contribution in [2.75, 3.05) is 6.54 Å². The van der Waals surface area contributed by atoms with Crippen molar-refractivity contribution in [3.8, 4) is 0 Å². The molecule has 0 saturated heterocycles. The summed E-state index contributed by atoms with van der Waals surface area (Å²) in [6.45, 7) is 2.94. The average Bonchev–Trinajstić information content (AvgIpc) is 2.32. The molecule has 0 heterocycles. The molecule has 0 saturated carbocycles. The molecule has 0 aliphatic carbocycles. The summed E-state index contributed by atoms with van der Waals surface area (Å²) < 4.78 is 77.8. The number of halogens is 6. The third kappa shape index (κ3) is 3.45. The first-order valence-corrected chi connectivity index (χ1v) is 6.05. The Hall–Kier alpha value is -1.24. The van der Waals surface area contributed by atoms with Crippen LogP contribution in [0, 0.1) is 12.7 Å². The zero-order chi connectivity index (χ0) is 15.6. The van der Waals surface area contributed by atoms with Crippen LogP contribution in [-0.4, -0.2) is 18.6 Å². The van der Waals surface area contributed by atoms with E-state index in [1.54, 1.807) is 6.92 Å². The molecule has 1 aromatic rings. The minimum absolute atomic E-state index is 0.00718. The lowest BCUT2D eigenvalue weighted by molar-refractivity contribution is -0.294. The van der Waals surface area contributed by atoms with Gasteiger partial charge in [0.2, 0.25) is 0 Å². The second-order valence-electron chi connectivity index (χ2n) is 4.52. The second kappa shape index (κ2) is 6.03. The Morgan fingerprint density at radius 1 is 1.15 bits per heavy atom. The maximum absolute atomic E-state index is 13.6. The number of hydrogen-bond acceptors (Lipinski definition) is 1. The Labute approximate surface area is 113 Å². The largest absolute Gasteiger partial charge is 0.455 e. The normalized spacial score (nSPS) is 14.4. The predicted molar refractivity (Wildman–Crippen MR) is 63.2 cm³/mol. The number of aryl methyl sites for hydroxylation is 1. The van der Waals surface area contributed by atoms with Gasteiger partial charge in [-0.1, -0.05) is 19.1 Å². The highest BCUT2D eigenvalue weighted by molar-refractivity contribution is 5.28. The molecular formula is C13H15F6N. The maximum atomic E-state index is 13.6. The van der Waals surface area contributed by atoms with Crippen molar-refractivity contribution in [1.29, 1.82) is 0 Å². The first-order chi connectivity index (χ1) is 9.11. The monoisotopic (exact) mass is 299 g/mol. The van der Waals surface area contributed by atoms with Gasteiger partial charge in [0.05, 0.1) is 0 Å². The fourth-order valence-corrected chi connectivity index (χ4v) is 1.76. The highest BCUT2D eigenvalue weighted by Gasteiger charge is 2.62. The van der Waals surface area contributed by atoms with Crippen molar-refractivity contribution in [1.82, 2.24) is 5.32 Å². The van der Waals surface area contributed by atoms with E-state index in [9.17, 15) is 26.3 Å². The van der Waals surface area contributed by atoms with Gasteiger partial charge in [0, 0.05) is 0 Å². The Balaban J connectivity index is 3.21. The number of hydrogen-bond donors (Lipinski definition) is 1. The van der Waals surface area contributed by atoms with Crippen LogP contribution in [0.5, 0.6) is 0 Å². The third-order valence-corrected chi connectivity index (χ3v) is 2.85. The Kier molecular flexibility index (Phi) is 5.07. The zero-order valence-electron chi connectivity index (χ0n) is 11.0. The van der Waals surface area contributed by atoms with Crippen LogP contribution >= 0.6 is 0 Å². The summed E-state index contributed by atoms with van der Waals surface area (Å²) in [5.74, 6) is -5.59. The summed E-state index contributed by atoms with van der Waals surface area (Å²) in [7, 11) is 0. The quantitative estimate of drug-likeness (QED) is 0.796. The van der Waals surface area contributed by atoms with E-state index in [0.717, 1.165) is 18.2 Å². The highest BCUT2D eigenvalue weighted by Crippen LogP contribution is 2.44. The maximum Gasteiger partial charge on any atom is 0.455 e. The number of alkyl halides is 5. The second-order valence-corrected chi connectivity index (χ2v) is 4.52. The summed E-state index contributed by atoms with van der Waals surface area (Å²) in [4.78, 5) is 0. The Morgan fingerprint density at radius 2 is 1.75 bits per heavy atom. The number of benzene rings is 1. The first-order valence-electron chi connectivity index (χ1n) is 6.05. The Morgan fingerprint density at radius 3 is 2.20 bits per heavy atom. The van der Waals surface area contributed by atoms with E-state index in [0.29, 0.717) is 6.42 Å². The Bertz CT molecular complexity index is 455. The molecule has 1 rings (SSSR count). The minimum atomic E-state index is -5.68. The van der Waals surface area contributed by atoms with Crippen LogP contribution in [0.2, 0.25) is 0 Å². The smallest absolute Gasteiger partial charge is 0.305 e. The van der Waals surface area contributed by atoms with Crippen LogP contribution in [0.15, 0.2) is 18.2 Å². The SMILES string of the molecule is CCCNC(c1ccc(F)c(C)c1)C(F)(F)C(F)(F)F. The van der Waals surface area contributed by atoms with Crippen molar-refractivity contribution >= 4 is 0 Å². The van der Waals surface area contributed by atoms with Gasteiger partial charge in [0.15, 0.2) is 0 Å². The molecule has 7 heteroatoms. The first kappa shape index (κ1) is 16.8. The lowest BCUT2D eigenvalue weighted by Crippen LogP contribution is -2.48. The average molecular weight is 299 g/mol. The molecule has 1 atom stereocenters. The van der Waals surface area contributed by atoms with E-state index in [1.165, 1.54) is 6.92 Å². The van der Waals surface area contributed by atoms with Crippen molar-refractivity contribution < 1.29 is 26.3 Å². The third-order valence-electron chi connectivity index (χ3n) is 2.85. The van der Waals surface area contributed by atoms with Crippen LogP contribution in [-0.2, 0) is 0 Å². The van der Waals surface area contributed by atoms with Gasteiger partial charge >= 0.3 is 12.1 Å². The fraction of sp³-hybridized carbons (Fsp3) is 0.538. The molecule has 0 aromatic heterocycles. The summed E-state index contributed by atoms with van der Waals surface area (Å²) >= 11 is 0. The van der Waals surface area contributed by atoms with Crippen molar-refractivity contribution in [3.05, 3.63) is 35.1 Å². The topological polar surface area (TPSA) is 12.0 Å². The molecule has 0 radical (unpaired) electrons. The zero-order valence-corrected chi connectivity index (χ0v) is 11.0. The number of nitrogens with one attached hydrogen (secondary N) is 1. The van der Waals surface area contributed by atoms with E-state index < -0.39 is 24.0 Å². The molecule has 1 unspecified atom stereocenters. The van der Waals surface area contributed by atoms with Gasteiger partial charge in [0.25, 0.3) is 0 Å². The summed E-state index contributed by atoms with van der Waals surface area (Å²) in [5.41, 5.74) is -0.275. The van der Waals surface area contributed by atoms with Crippen LogP contribution < -0.4 is 5.32 Å². The van der Waals surface area contributed by atoms with Gasteiger partial charge < -0.3 is 5.32 Å². The summed E-state index contributed by atoms with van der Waals surface area (Å²) in [5, 5.41) is 2.19. The summed E-state index contributed by atoms with van der Waals surface area (Å²) in [6.07, 6.45) is -5.29. The van der Waals surface area contributed by atoms with Crippen molar-refractivity contribution in [2.45, 2.75) is 38.4 Å². The molecule has 0 aliphatic heterocycles. The lowest BCUT2D eigenvalue weighted by atomic mass is 9.98. The molecule has 0 fully saturated rings. The molecule has 20 heavy (non-hydrogen) atoms. The van der Waals surface area contributed by atoms with E-state index in [-0.39, 0.29) is 17.7 Å².